The molecule has 0 fully saturated rings. The van der Waals surface area contributed by atoms with E-state index in [2.05, 4.69) is 15.4 Å². The third-order valence-corrected chi connectivity index (χ3v) is 7.58. The van der Waals surface area contributed by atoms with Crippen LogP contribution in [-0.4, -0.2) is 31.6 Å². The number of hydrogen-bond acceptors (Lipinski definition) is 6. The molecule has 2 heterocycles. The number of nitrogens with one attached hydrogen (secondary N) is 3. The molecule has 0 bridgehead atoms. The van der Waals surface area contributed by atoms with Gasteiger partial charge in [0, 0.05) is 35.4 Å². The van der Waals surface area contributed by atoms with E-state index in [0.29, 0.717) is 18.5 Å². The fraction of sp³-hybridized carbons (Fsp3) is 0.192. The predicted octanol–water partition coefficient (Wildman–Crippen LogP) is 4.57. The number of carbonyl (C=O) groups excluding carboxylic acids is 2. The first-order valence-corrected chi connectivity index (χ1v) is 14.4. The Morgan fingerprint density at radius 3 is 2.35 bits per heavy atom. The van der Waals surface area contributed by atoms with Crippen molar-refractivity contribution in [2.75, 3.05) is 4.72 Å². The lowest BCUT2D eigenvalue weighted by atomic mass is 10.0. The van der Waals surface area contributed by atoms with Crippen LogP contribution in [0.2, 0.25) is 0 Å². The minimum Gasteiger partial charge on any atom is -0.345 e. The zero-order chi connectivity index (χ0) is 26.2. The molecule has 2 aromatic carbocycles. The highest BCUT2D eigenvalue weighted by Crippen LogP contribution is 2.29. The van der Waals surface area contributed by atoms with Crippen molar-refractivity contribution in [1.82, 2.24) is 15.6 Å². The number of rotatable bonds is 11. The number of benzene rings is 2. The Labute approximate surface area is 225 Å². The maximum Gasteiger partial charge on any atom is 0.259 e. The Bertz CT molecular complexity index is 1340. The SMILES string of the molecule is CC(=O)N[C@@H](Cc1ccccc1)C(=O)N[C@@H](Cc1ccc(NS(=O)O)cc1)c1nc(-c2ccsc2)cs1. The van der Waals surface area contributed by atoms with Crippen LogP contribution < -0.4 is 15.4 Å². The number of anilines is 1. The van der Waals surface area contributed by atoms with E-state index in [4.69, 9.17) is 9.54 Å². The lowest BCUT2D eigenvalue weighted by molar-refractivity contribution is -0.128. The summed E-state index contributed by atoms with van der Waals surface area (Å²) in [4.78, 5) is 30.1. The van der Waals surface area contributed by atoms with Crippen molar-refractivity contribution >= 4 is 51.4 Å². The highest BCUT2D eigenvalue weighted by molar-refractivity contribution is 7.80. The molecule has 0 aliphatic heterocycles. The Hall–Kier alpha value is -3.38. The summed E-state index contributed by atoms with van der Waals surface area (Å²) in [7, 11) is 0. The molecule has 2 aromatic heterocycles. The van der Waals surface area contributed by atoms with Crippen LogP contribution in [0, 0.1) is 0 Å². The minimum atomic E-state index is -2.16. The Kier molecular flexibility index (Phi) is 9.18. The molecule has 192 valence electrons. The van der Waals surface area contributed by atoms with Gasteiger partial charge < -0.3 is 10.6 Å². The first-order chi connectivity index (χ1) is 17.9. The molecule has 2 amide bonds. The molecule has 4 rings (SSSR count). The van der Waals surface area contributed by atoms with Crippen molar-refractivity contribution in [3.8, 4) is 11.3 Å². The zero-order valence-electron chi connectivity index (χ0n) is 19.9. The fourth-order valence-corrected chi connectivity index (χ4v) is 5.68. The van der Waals surface area contributed by atoms with Crippen LogP contribution in [0.25, 0.3) is 11.3 Å². The molecule has 0 radical (unpaired) electrons. The highest BCUT2D eigenvalue weighted by atomic mass is 32.2. The van der Waals surface area contributed by atoms with Crippen molar-refractivity contribution in [2.24, 2.45) is 0 Å². The van der Waals surface area contributed by atoms with Crippen LogP contribution in [0.15, 0.2) is 76.8 Å². The molecule has 0 saturated carbocycles. The molecule has 0 saturated heterocycles. The molecule has 0 aliphatic carbocycles. The van der Waals surface area contributed by atoms with Gasteiger partial charge in [-0.15, -0.1) is 11.3 Å². The number of amides is 2. The third kappa shape index (κ3) is 7.80. The van der Waals surface area contributed by atoms with Crippen LogP contribution in [-0.2, 0) is 33.7 Å². The summed E-state index contributed by atoms with van der Waals surface area (Å²) < 4.78 is 22.5. The maximum absolute atomic E-state index is 13.4. The molecule has 3 atom stereocenters. The van der Waals surface area contributed by atoms with Crippen LogP contribution in [0.1, 0.15) is 29.1 Å². The molecule has 4 aromatic rings. The summed E-state index contributed by atoms with van der Waals surface area (Å²) in [6, 6.07) is 17.4. The van der Waals surface area contributed by atoms with E-state index in [1.165, 1.54) is 18.3 Å². The van der Waals surface area contributed by atoms with E-state index < -0.39 is 23.4 Å². The van der Waals surface area contributed by atoms with E-state index in [1.54, 1.807) is 23.5 Å². The van der Waals surface area contributed by atoms with E-state index in [1.807, 2.05) is 64.7 Å². The molecule has 11 heteroatoms. The van der Waals surface area contributed by atoms with Gasteiger partial charge in [-0.25, -0.2) is 9.19 Å². The maximum atomic E-state index is 13.4. The van der Waals surface area contributed by atoms with Gasteiger partial charge in [-0.3, -0.25) is 18.9 Å². The molecule has 0 spiro atoms. The van der Waals surface area contributed by atoms with E-state index in [9.17, 15) is 13.8 Å². The second kappa shape index (κ2) is 12.7. The van der Waals surface area contributed by atoms with Crippen LogP contribution in [0.5, 0.6) is 0 Å². The fourth-order valence-electron chi connectivity index (χ4n) is 3.81. The standard InChI is InChI=1S/C26H26N4O4S3/c1-17(31)27-22(13-18-5-3-2-4-6-18)25(32)28-23(14-19-7-9-21(10-8-19)30-37(33)34)26-29-24(16-36-26)20-11-12-35-15-20/h2-12,15-16,22-23,30H,13-14H2,1H3,(H,27,31)(H,28,32)(H,33,34)/t22-,23-/m0/s1. The van der Waals surface area contributed by atoms with Crippen molar-refractivity contribution < 1.29 is 18.4 Å². The number of nitrogens with zero attached hydrogens (tertiary/aromatic N) is 1. The Morgan fingerprint density at radius 2 is 1.70 bits per heavy atom. The number of thiophene rings is 1. The van der Waals surface area contributed by atoms with Gasteiger partial charge in [0.05, 0.1) is 11.7 Å². The lowest BCUT2D eigenvalue weighted by Gasteiger charge is -2.22. The molecular weight excluding hydrogens is 529 g/mol. The summed E-state index contributed by atoms with van der Waals surface area (Å²) in [5, 5.41) is 12.6. The Morgan fingerprint density at radius 1 is 0.973 bits per heavy atom. The smallest absolute Gasteiger partial charge is 0.259 e. The van der Waals surface area contributed by atoms with Crippen molar-refractivity contribution in [3.05, 3.63) is 92.9 Å². The van der Waals surface area contributed by atoms with Crippen molar-refractivity contribution in [3.63, 3.8) is 0 Å². The number of carbonyl (C=O) groups is 2. The summed E-state index contributed by atoms with van der Waals surface area (Å²) in [6.45, 7) is 1.39. The average Bonchev–Trinajstić information content (AvgIpc) is 3.57. The minimum absolute atomic E-state index is 0.286. The number of hydrogen-bond donors (Lipinski definition) is 4. The van der Waals surface area contributed by atoms with E-state index in [-0.39, 0.29) is 11.8 Å². The van der Waals surface area contributed by atoms with Crippen LogP contribution in [0.3, 0.4) is 0 Å². The topological polar surface area (TPSA) is 120 Å². The van der Waals surface area contributed by atoms with Gasteiger partial charge in [-0.05, 0) is 41.1 Å². The largest absolute Gasteiger partial charge is 0.345 e. The zero-order valence-corrected chi connectivity index (χ0v) is 22.4. The highest BCUT2D eigenvalue weighted by Gasteiger charge is 2.25. The third-order valence-electron chi connectivity index (χ3n) is 5.53. The monoisotopic (exact) mass is 554 g/mol. The normalized spacial score (nSPS) is 13.4. The summed E-state index contributed by atoms with van der Waals surface area (Å²) >= 11 is 0.895. The predicted molar refractivity (Wildman–Crippen MR) is 149 cm³/mol. The lowest BCUT2D eigenvalue weighted by Crippen LogP contribution is -2.48. The van der Waals surface area contributed by atoms with Gasteiger partial charge in [0.15, 0.2) is 0 Å². The van der Waals surface area contributed by atoms with E-state index in [0.717, 1.165) is 27.4 Å². The van der Waals surface area contributed by atoms with Crippen LogP contribution >= 0.6 is 22.7 Å². The Balaban J connectivity index is 1.58. The van der Waals surface area contributed by atoms with E-state index >= 15 is 0 Å². The van der Waals surface area contributed by atoms with Gasteiger partial charge >= 0.3 is 0 Å². The molecule has 8 nitrogen and oxygen atoms in total. The molecular formula is C26H26N4O4S3. The molecule has 37 heavy (non-hydrogen) atoms. The van der Waals surface area contributed by atoms with Gasteiger partial charge in [-0.2, -0.15) is 11.3 Å². The van der Waals surface area contributed by atoms with Crippen LogP contribution in [0.4, 0.5) is 5.69 Å². The molecule has 0 aliphatic rings. The first-order valence-electron chi connectivity index (χ1n) is 11.4. The van der Waals surface area contributed by atoms with Gasteiger partial charge in [0.2, 0.25) is 11.8 Å². The summed E-state index contributed by atoms with van der Waals surface area (Å²) in [5.41, 5.74) is 4.21. The number of aromatic nitrogens is 1. The molecule has 4 N–H and O–H groups in total. The van der Waals surface area contributed by atoms with Crippen molar-refractivity contribution in [2.45, 2.75) is 31.8 Å². The van der Waals surface area contributed by atoms with Crippen molar-refractivity contribution in [1.29, 1.82) is 0 Å². The number of thiazole rings is 1. The molecule has 1 unspecified atom stereocenters. The first kappa shape index (κ1) is 26.7. The summed E-state index contributed by atoms with van der Waals surface area (Å²) in [5.74, 6) is -0.587. The summed E-state index contributed by atoms with van der Waals surface area (Å²) in [6.07, 6.45) is 0.804. The second-order valence-corrected chi connectivity index (χ2v) is 10.7. The quantitative estimate of drug-likeness (QED) is 0.203. The second-order valence-electron chi connectivity index (χ2n) is 8.34. The average molecular weight is 555 g/mol. The van der Waals surface area contributed by atoms with Gasteiger partial charge in [0.25, 0.3) is 11.3 Å². The van der Waals surface area contributed by atoms with Gasteiger partial charge in [0.1, 0.15) is 11.0 Å². The van der Waals surface area contributed by atoms with Gasteiger partial charge in [-0.1, -0.05) is 42.5 Å².